The number of Topliss-reactive ketones (excluding diaryl/α,β-unsaturated/α-hetero) is 5. The van der Waals surface area contributed by atoms with Crippen molar-refractivity contribution < 1.29 is 80.8 Å². The van der Waals surface area contributed by atoms with Crippen LogP contribution in [-0.4, -0.2) is 155 Å². The average molecular weight is 2160 g/mol. The minimum atomic E-state index is -0.860. The Bertz CT molecular complexity index is 6620. The fraction of sp³-hybridized carbons (Fsp3) is 0.368. The largest absolute Gasteiger partial charge is 0.497 e. The van der Waals surface area contributed by atoms with Crippen molar-refractivity contribution in [1.29, 1.82) is 0 Å². The number of methoxy groups -OCH3 is 5. The van der Waals surface area contributed by atoms with E-state index >= 15 is 0 Å². The molecule has 0 N–H and O–H groups in total. The number of aromatic nitrogens is 10. The number of nitrogens with zero attached hydrogens (tertiary/aromatic N) is 10. The molecular weight excluding hydrogens is 2020 g/mol. The molecule has 0 amide bonds. The molecular formula is C117H137Cl3N10O17S3. The van der Waals surface area contributed by atoms with Crippen LogP contribution in [0.25, 0.3) is 54.9 Å². The van der Waals surface area contributed by atoms with Crippen molar-refractivity contribution >= 4 is 97.7 Å². The van der Waals surface area contributed by atoms with Gasteiger partial charge in [-0.25, -0.2) is 0 Å². The number of benzene rings is 7. The third-order valence-corrected chi connectivity index (χ3v) is 28.7. The molecule has 0 bridgehead atoms. The van der Waals surface area contributed by atoms with E-state index in [1.807, 2.05) is 259 Å². The number of rotatable bonds is 46. The van der Waals surface area contributed by atoms with E-state index in [1.165, 1.54) is 46.0 Å². The summed E-state index contributed by atoms with van der Waals surface area (Å²) in [5, 5.41) is 31.5. The minimum Gasteiger partial charge on any atom is -0.497 e. The van der Waals surface area contributed by atoms with Crippen molar-refractivity contribution in [3.63, 3.8) is 0 Å². The van der Waals surface area contributed by atoms with E-state index in [2.05, 4.69) is 27.7 Å². The van der Waals surface area contributed by atoms with E-state index in [1.54, 1.807) is 127 Å². The third kappa shape index (κ3) is 34.2. The van der Waals surface area contributed by atoms with Gasteiger partial charge in [0.15, 0.2) is 39.0 Å². The van der Waals surface area contributed by atoms with Crippen LogP contribution in [0.3, 0.4) is 0 Å². The Kier molecular flexibility index (Phi) is 42.6. The van der Waals surface area contributed by atoms with Gasteiger partial charge in [-0.2, -0.15) is 25.5 Å². The number of thiophene rings is 3. The van der Waals surface area contributed by atoms with E-state index < -0.39 is 28.0 Å². The average Bonchev–Trinajstić information content (AvgIpc) is 1.67. The Labute approximate surface area is 907 Å². The standard InChI is InChI=1S/2C27H34N2O4.3C21H23ClN2O3S/c1-19(2)17-32-25-12-8-10-22(14-25)26-15-23(18-33-27(4,5)20(3)30)28-29(26)16-21-9-7-11-24(13-21)31-6;1-19(2)17-32-25-9-7-8-22(14-25)26-15-23(18-33-27(4,5)20(3)30)28-29(26)16-21-10-12-24(31-6)13-11-21;1-14(25)21(2,3)27-12-17-10-19(16-9-20(26-4)28-13-16)24(23-17)11-15-7-5-6-8-18(15)22;1-14(25)21(2,3)27-12-16-9-19(20-10-17(26-4)13-28-20)24(23-16)11-15-7-5-6-8-18(15)22;1-14(25)21(2,3)27-13-16-11-18(19-9-10-20(26-4)28-19)24(23-16)12-15-7-5-6-8-17(15)22/h2*7-15,19H,16-18H2,1-6H3;2*5-10,13H,11-12H2,1-4H3;5-11H,12-13H2,1-4H3. The van der Waals surface area contributed by atoms with Crippen LogP contribution in [0.15, 0.2) is 235 Å². The molecule has 15 aromatic rings. The molecule has 0 aliphatic rings. The lowest BCUT2D eigenvalue weighted by atomic mass is 10.1. The molecule has 0 saturated heterocycles. The van der Waals surface area contributed by atoms with E-state index in [9.17, 15) is 24.0 Å². The first-order chi connectivity index (χ1) is 71.2. The molecule has 7 aromatic carbocycles. The van der Waals surface area contributed by atoms with Gasteiger partial charge >= 0.3 is 0 Å². The molecule has 27 nitrogen and oxygen atoms in total. The van der Waals surface area contributed by atoms with Crippen molar-refractivity contribution in [2.45, 2.75) is 225 Å². The minimum absolute atomic E-state index is 0.0182. The molecule has 0 atom stereocenters. The van der Waals surface area contributed by atoms with Crippen LogP contribution in [-0.2, 0) is 113 Å². The first-order valence-electron chi connectivity index (χ1n) is 49.2. The van der Waals surface area contributed by atoms with Crippen molar-refractivity contribution in [1.82, 2.24) is 48.9 Å². The Morgan fingerprint density at radius 1 is 0.300 bits per heavy atom. The first-order valence-corrected chi connectivity index (χ1v) is 52.9. The van der Waals surface area contributed by atoms with Gasteiger partial charge < -0.3 is 56.8 Å². The normalized spacial score (nSPS) is 11.6. The summed E-state index contributed by atoms with van der Waals surface area (Å²) in [5.74, 6) is 4.86. The fourth-order valence-corrected chi connectivity index (χ4v) is 17.1. The van der Waals surface area contributed by atoms with E-state index in [0.29, 0.717) is 72.8 Å². The zero-order chi connectivity index (χ0) is 109. The number of carbonyl (C=O) groups excluding carboxylic acids is 5. The molecule has 15 rings (SSSR count). The van der Waals surface area contributed by atoms with E-state index in [4.69, 9.17) is 117 Å². The highest BCUT2D eigenvalue weighted by atomic mass is 35.5. The van der Waals surface area contributed by atoms with Crippen LogP contribution in [0.2, 0.25) is 15.1 Å². The van der Waals surface area contributed by atoms with Crippen LogP contribution in [0, 0.1) is 11.8 Å². The second kappa shape index (κ2) is 54.3. The van der Waals surface area contributed by atoms with Gasteiger partial charge in [0.1, 0.15) is 56.8 Å². The van der Waals surface area contributed by atoms with Gasteiger partial charge in [-0.1, -0.05) is 177 Å². The summed E-state index contributed by atoms with van der Waals surface area (Å²) in [4.78, 5) is 60.9. The van der Waals surface area contributed by atoms with Gasteiger partial charge in [0.05, 0.1) is 181 Å². The SMILES string of the molecule is COc1cc(-c2cc(COC(C)(C)C(C)=O)nn2Cc2ccccc2Cl)cs1.COc1ccc(-c2cc(COC(C)(C)C(C)=O)nn2Cc2ccccc2Cl)s1.COc1ccc(Cn2nc(COC(C)(C)C(C)=O)cc2-c2cccc(OCC(C)C)c2)cc1.COc1cccc(Cn2nc(COC(C)(C)C(C)=O)cc2-c2cccc(OCC(C)C)c2)c1.COc1csc(-c2cc(COC(C)(C)C(C)=O)nn2Cc2ccccc2Cl)c1. The predicted molar refractivity (Wildman–Crippen MR) is 596 cm³/mol. The second-order valence-corrected chi connectivity index (χ2v) is 43.2. The molecule has 0 radical (unpaired) electrons. The molecule has 0 aliphatic heterocycles. The molecule has 0 unspecified atom stereocenters. The predicted octanol–water partition coefficient (Wildman–Crippen LogP) is 26.7. The first kappa shape index (κ1) is 118. The summed E-state index contributed by atoms with van der Waals surface area (Å²) in [6, 6.07) is 73.0. The summed E-state index contributed by atoms with van der Waals surface area (Å²) in [7, 11) is 8.27. The topological polar surface area (TPSA) is 285 Å². The molecule has 796 valence electrons. The number of ketones is 5. The molecule has 0 aliphatic carbocycles. The summed E-state index contributed by atoms with van der Waals surface area (Å²) in [5.41, 5.74) is 12.4. The van der Waals surface area contributed by atoms with E-state index in [0.717, 1.165) is 150 Å². The van der Waals surface area contributed by atoms with Gasteiger partial charge in [-0.15, -0.1) is 22.7 Å². The number of ether oxygens (including phenoxy) is 12. The van der Waals surface area contributed by atoms with Gasteiger partial charge in [-0.05, 0) is 253 Å². The van der Waals surface area contributed by atoms with E-state index in [-0.39, 0.29) is 62.0 Å². The molecule has 0 saturated carbocycles. The molecule has 8 aromatic heterocycles. The van der Waals surface area contributed by atoms with Gasteiger partial charge in [-0.3, -0.25) is 47.4 Å². The summed E-state index contributed by atoms with van der Waals surface area (Å²) < 4.78 is 77.3. The van der Waals surface area contributed by atoms with Gasteiger partial charge in [0, 0.05) is 54.7 Å². The monoisotopic (exact) mass is 2150 g/mol. The summed E-state index contributed by atoms with van der Waals surface area (Å²) >= 11 is 23.7. The van der Waals surface area contributed by atoms with Crippen LogP contribution in [0.4, 0.5) is 0 Å². The maximum Gasteiger partial charge on any atom is 0.173 e. The Balaban J connectivity index is 0.000000178. The van der Waals surface area contributed by atoms with Crippen LogP contribution < -0.4 is 33.2 Å². The lowest BCUT2D eigenvalue weighted by molar-refractivity contribution is -0.140. The van der Waals surface area contributed by atoms with Gasteiger partial charge in [0.25, 0.3) is 0 Å². The fourth-order valence-electron chi connectivity index (χ4n) is 14.1. The van der Waals surface area contributed by atoms with Crippen LogP contribution in [0.1, 0.15) is 188 Å². The maximum absolute atomic E-state index is 11.9. The van der Waals surface area contributed by atoms with Crippen molar-refractivity contribution in [3.8, 4) is 93.8 Å². The summed E-state index contributed by atoms with van der Waals surface area (Å²) in [6.45, 7) is 39.2. The van der Waals surface area contributed by atoms with Crippen LogP contribution in [0.5, 0.6) is 38.9 Å². The lowest BCUT2D eigenvalue weighted by Gasteiger charge is -2.21. The highest BCUT2D eigenvalue weighted by Gasteiger charge is 2.32. The quantitative estimate of drug-likeness (QED) is 0.0342. The smallest absolute Gasteiger partial charge is 0.173 e. The van der Waals surface area contributed by atoms with Crippen molar-refractivity contribution in [2.24, 2.45) is 11.8 Å². The number of carbonyl (C=O) groups is 5. The van der Waals surface area contributed by atoms with Crippen molar-refractivity contribution in [2.75, 3.05) is 48.8 Å². The molecule has 0 fully saturated rings. The third-order valence-electron chi connectivity index (χ3n) is 24.7. The Morgan fingerprint density at radius 2 is 0.640 bits per heavy atom. The second-order valence-electron chi connectivity index (χ2n) is 39.1. The highest BCUT2D eigenvalue weighted by Crippen LogP contribution is 2.39. The maximum atomic E-state index is 11.9. The Hall–Kier alpha value is -12.7. The lowest BCUT2D eigenvalue weighted by Crippen LogP contribution is -2.32. The summed E-state index contributed by atoms with van der Waals surface area (Å²) in [6.07, 6.45) is 0. The number of halogens is 3. The molecule has 150 heavy (non-hydrogen) atoms. The zero-order valence-electron chi connectivity index (χ0n) is 89.9. The van der Waals surface area contributed by atoms with Crippen LogP contribution >= 0.6 is 68.8 Å². The number of hydrogen-bond acceptors (Lipinski definition) is 25. The highest BCUT2D eigenvalue weighted by molar-refractivity contribution is 7.17. The molecule has 0 spiro atoms. The number of hydrogen-bond donors (Lipinski definition) is 0. The molecule has 33 heteroatoms. The van der Waals surface area contributed by atoms with Gasteiger partial charge in [0.2, 0.25) is 0 Å². The Morgan fingerprint density at radius 3 is 0.987 bits per heavy atom. The molecule has 8 heterocycles. The van der Waals surface area contributed by atoms with Crippen molar-refractivity contribution in [3.05, 3.63) is 307 Å². The zero-order valence-corrected chi connectivity index (χ0v) is 94.6.